The Hall–Kier alpha value is -3.51. The molecule has 4 rings (SSSR count). The number of fused-ring (bicyclic) bond motifs is 3. The van der Waals surface area contributed by atoms with Crippen LogP contribution in [0.4, 0.5) is 4.79 Å². The molecule has 3 aromatic rings. The van der Waals surface area contributed by atoms with Crippen molar-refractivity contribution in [2.45, 2.75) is 26.2 Å². The van der Waals surface area contributed by atoms with Crippen molar-refractivity contribution in [3.05, 3.63) is 94.5 Å². The van der Waals surface area contributed by atoms with Crippen molar-refractivity contribution in [2.75, 3.05) is 13.2 Å². The van der Waals surface area contributed by atoms with Crippen LogP contribution in [-0.4, -0.2) is 19.2 Å². The molecule has 0 bridgehead atoms. The summed E-state index contributed by atoms with van der Waals surface area (Å²) in [4.78, 5) is 12.2. The summed E-state index contributed by atoms with van der Waals surface area (Å²) >= 11 is 0. The molecule has 0 atom stereocenters. The van der Waals surface area contributed by atoms with E-state index in [0.29, 0.717) is 19.6 Å². The minimum Gasteiger partial charge on any atom is -0.449 e. The SMILES string of the molecule is Cc1cccc(C)c1C#CCCNC(=O)OCC1c2ccccc2-c2ccccc21. The van der Waals surface area contributed by atoms with Crippen LogP contribution in [0, 0.1) is 25.7 Å². The van der Waals surface area contributed by atoms with Crippen molar-refractivity contribution in [1.82, 2.24) is 5.32 Å². The fourth-order valence-corrected chi connectivity index (χ4v) is 4.04. The Morgan fingerprint density at radius 3 is 2.13 bits per heavy atom. The molecule has 30 heavy (non-hydrogen) atoms. The quantitative estimate of drug-likeness (QED) is 0.462. The highest BCUT2D eigenvalue weighted by atomic mass is 16.5. The maximum Gasteiger partial charge on any atom is 0.407 e. The van der Waals surface area contributed by atoms with Gasteiger partial charge in [-0.05, 0) is 47.2 Å². The molecule has 0 unspecified atom stereocenters. The number of hydrogen-bond acceptors (Lipinski definition) is 2. The zero-order valence-corrected chi connectivity index (χ0v) is 17.4. The van der Waals surface area contributed by atoms with Gasteiger partial charge in [0.1, 0.15) is 6.61 Å². The molecule has 0 heterocycles. The summed E-state index contributed by atoms with van der Waals surface area (Å²) in [6.45, 7) is 4.92. The molecule has 1 N–H and O–H groups in total. The third kappa shape index (κ3) is 4.09. The number of alkyl carbamates (subject to hydrolysis) is 1. The van der Waals surface area contributed by atoms with Crippen molar-refractivity contribution >= 4 is 6.09 Å². The zero-order chi connectivity index (χ0) is 20.9. The van der Waals surface area contributed by atoms with Gasteiger partial charge in [0, 0.05) is 24.4 Å². The highest BCUT2D eigenvalue weighted by Crippen LogP contribution is 2.44. The van der Waals surface area contributed by atoms with Gasteiger partial charge in [-0.3, -0.25) is 0 Å². The molecule has 0 fully saturated rings. The first kappa shape index (κ1) is 19.8. The minimum atomic E-state index is -0.397. The molecular formula is C27H25NO2. The van der Waals surface area contributed by atoms with E-state index in [9.17, 15) is 4.79 Å². The normalized spacial score (nSPS) is 11.8. The Labute approximate surface area is 178 Å². The highest BCUT2D eigenvalue weighted by molar-refractivity contribution is 5.79. The van der Waals surface area contributed by atoms with Gasteiger partial charge in [0.2, 0.25) is 0 Å². The second-order valence-corrected chi connectivity index (χ2v) is 7.57. The Balaban J connectivity index is 1.31. The Kier molecular flexibility index (Phi) is 5.86. The van der Waals surface area contributed by atoms with Gasteiger partial charge in [-0.25, -0.2) is 4.79 Å². The van der Waals surface area contributed by atoms with Gasteiger partial charge < -0.3 is 10.1 Å². The standard InChI is InChI=1S/C27H25NO2/c1-19-10-9-11-20(2)21(19)12-7-8-17-28-27(29)30-18-26-24-15-5-3-13-22(24)23-14-4-6-16-25(23)26/h3-6,9-11,13-16,26H,8,17-18H2,1-2H3,(H,28,29). The molecular weight excluding hydrogens is 370 g/mol. The Morgan fingerprint density at radius 2 is 1.50 bits per heavy atom. The van der Waals surface area contributed by atoms with Crippen molar-refractivity contribution in [3.8, 4) is 23.0 Å². The third-order valence-corrected chi connectivity index (χ3v) is 5.56. The van der Waals surface area contributed by atoms with Gasteiger partial charge in [0.25, 0.3) is 0 Å². The van der Waals surface area contributed by atoms with E-state index in [1.54, 1.807) is 0 Å². The van der Waals surface area contributed by atoms with Crippen LogP contribution in [0.2, 0.25) is 0 Å². The third-order valence-electron chi connectivity index (χ3n) is 5.56. The lowest BCUT2D eigenvalue weighted by Gasteiger charge is -2.14. The fourth-order valence-electron chi connectivity index (χ4n) is 4.04. The summed E-state index contributed by atoms with van der Waals surface area (Å²) in [5.74, 6) is 6.43. The summed E-state index contributed by atoms with van der Waals surface area (Å²) in [5.41, 5.74) is 8.29. The summed E-state index contributed by atoms with van der Waals surface area (Å²) in [5, 5.41) is 2.81. The number of rotatable bonds is 4. The summed E-state index contributed by atoms with van der Waals surface area (Å²) in [7, 11) is 0. The van der Waals surface area contributed by atoms with E-state index in [-0.39, 0.29) is 5.92 Å². The molecule has 0 radical (unpaired) electrons. The van der Waals surface area contributed by atoms with Crippen LogP contribution >= 0.6 is 0 Å². The lowest BCUT2D eigenvalue weighted by molar-refractivity contribution is 0.143. The lowest BCUT2D eigenvalue weighted by Crippen LogP contribution is -2.26. The van der Waals surface area contributed by atoms with E-state index in [4.69, 9.17) is 4.74 Å². The second kappa shape index (κ2) is 8.88. The predicted molar refractivity (Wildman–Crippen MR) is 120 cm³/mol. The molecule has 1 amide bonds. The van der Waals surface area contributed by atoms with Crippen LogP contribution in [0.1, 0.15) is 40.2 Å². The van der Waals surface area contributed by atoms with E-state index in [1.165, 1.54) is 33.4 Å². The van der Waals surface area contributed by atoms with E-state index in [0.717, 1.165) is 5.56 Å². The van der Waals surface area contributed by atoms with Crippen molar-refractivity contribution in [1.29, 1.82) is 0 Å². The van der Waals surface area contributed by atoms with E-state index in [1.807, 2.05) is 30.3 Å². The van der Waals surface area contributed by atoms with Crippen LogP contribution in [0.15, 0.2) is 66.7 Å². The predicted octanol–water partition coefficient (Wildman–Crippen LogP) is 5.58. The van der Waals surface area contributed by atoms with Crippen LogP contribution in [0.25, 0.3) is 11.1 Å². The molecule has 150 valence electrons. The second-order valence-electron chi connectivity index (χ2n) is 7.57. The first-order chi connectivity index (χ1) is 14.6. The van der Waals surface area contributed by atoms with E-state index < -0.39 is 6.09 Å². The van der Waals surface area contributed by atoms with Gasteiger partial charge in [-0.2, -0.15) is 0 Å². The largest absolute Gasteiger partial charge is 0.449 e. The molecule has 3 heteroatoms. The average molecular weight is 396 g/mol. The Bertz CT molecular complexity index is 1070. The van der Waals surface area contributed by atoms with Gasteiger partial charge in [-0.15, -0.1) is 0 Å². The Morgan fingerprint density at radius 1 is 0.900 bits per heavy atom. The molecule has 0 aromatic heterocycles. The molecule has 0 aliphatic heterocycles. The zero-order valence-electron chi connectivity index (χ0n) is 17.4. The molecule has 0 saturated carbocycles. The van der Waals surface area contributed by atoms with Gasteiger partial charge in [0.05, 0.1) is 0 Å². The van der Waals surface area contributed by atoms with Crippen LogP contribution in [0.3, 0.4) is 0 Å². The van der Waals surface area contributed by atoms with Crippen LogP contribution in [0.5, 0.6) is 0 Å². The number of ether oxygens (including phenoxy) is 1. The molecule has 1 aliphatic carbocycles. The smallest absolute Gasteiger partial charge is 0.407 e. The molecule has 1 aliphatic rings. The fraction of sp³-hybridized carbons (Fsp3) is 0.222. The molecule has 3 aromatic carbocycles. The van der Waals surface area contributed by atoms with Gasteiger partial charge >= 0.3 is 6.09 Å². The van der Waals surface area contributed by atoms with Gasteiger partial charge in [-0.1, -0.05) is 78.6 Å². The van der Waals surface area contributed by atoms with Gasteiger partial charge in [0.15, 0.2) is 0 Å². The summed E-state index contributed by atoms with van der Waals surface area (Å²) < 4.78 is 5.54. The number of hydrogen-bond donors (Lipinski definition) is 1. The topological polar surface area (TPSA) is 38.3 Å². The van der Waals surface area contributed by atoms with E-state index >= 15 is 0 Å². The maximum absolute atomic E-state index is 12.2. The number of carbonyl (C=O) groups excluding carboxylic acids is 1. The van der Waals surface area contributed by atoms with Crippen molar-refractivity contribution in [3.63, 3.8) is 0 Å². The average Bonchev–Trinajstić information content (AvgIpc) is 3.08. The van der Waals surface area contributed by atoms with Crippen LogP contribution < -0.4 is 5.32 Å². The first-order valence-electron chi connectivity index (χ1n) is 10.3. The summed E-state index contributed by atoms with van der Waals surface area (Å²) in [6.07, 6.45) is 0.184. The van der Waals surface area contributed by atoms with Crippen LogP contribution in [-0.2, 0) is 4.74 Å². The summed E-state index contributed by atoms with van der Waals surface area (Å²) in [6, 6.07) is 22.8. The lowest BCUT2D eigenvalue weighted by atomic mass is 9.98. The number of nitrogens with one attached hydrogen (secondary N) is 1. The number of amides is 1. The number of benzene rings is 3. The van der Waals surface area contributed by atoms with Crippen molar-refractivity contribution in [2.24, 2.45) is 0 Å². The molecule has 0 spiro atoms. The first-order valence-corrected chi connectivity index (χ1v) is 10.3. The monoisotopic (exact) mass is 395 g/mol. The molecule has 0 saturated heterocycles. The molecule has 3 nitrogen and oxygen atoms in total. The van der Waals surface area contributed by atoms with Crippen molar-refractivity contribution < 1.29 is 9.53 Å². The number of carbonyl (C=O) groups is 1. The minimum absolute atomic E-state index is 0.0759. The maximum atomic E-state index is 12.2. The number of aryl methyl sites for hydroxylation is 2. The van der Waals surface area contributed by atoms with E-state index in [2.05, 4.69) is 67.4 Å². The highest BCUT2D eigenvalue weighted by Gasteiger charge is 2.28.